The van der Waals surface area contributed by atoms with Gasteiger partial charge in [-0.1, -0.05) is 0 Å². The van der Waals surface area contributed by atoms with Crippen molar-refractivity contribution in [3.63, 3.8) is 0 Å². The van der Waals surface area contributed by atoms with Gasteiger partial charge in [-0.05, 0) is 26.7 Å². The van der Waals surface area contributed by atoms with Crippen molar-refractivity contribution in [3.8, 4) is 0 Å². The van der Waals surface area contributed by atoms with E-state index in [1.165, 1.54) is 7.11 Å². The normalized spacial score (nSPS) is 19.5. The summed E-state index contributed by atoms with van der Waals surface area (Å²) in [6.07, 6.45) is 2.92. The Kier molecular flexibility index (Phi) is 8.30. The van der Waals surface area contributed by atoms with Crippen LogP contribution >= 0.6 is 0 Å². The molecule has 0 aromatic rings. The fourth-order valence-corrected chi connectivity index (χ4v) is 2.47. The standard InChI is InChI=1S/C15H27NO5/c1-4-20-15(18)10-12(2)16(8-7-14(17)19-3)11-13-6-5-9-21-13/h12-13H,4-11H2,1-3H3. The summed E-state index contributed by atoms with van der Waals surface area (Å²) in [5.74, 6) is -0.448. The van der Waals surface area contributed by atoms with Crippen LogP contribution in [0.2, 0.25) is 0 Å². The number of carbonyl (C=O) groups excluding carboxylic acids is 2. The molecule has 0 aromatic carbocycles. The van der Waals surface area contributed by atoms with Gasteiger partial charge in [-0.25, -0.2) is 0 Å². The van der Waals surface area contributed by atoms with E-state index in [0.29, 0.717) is 26.0 Å². The summed E-state index contributed by atoms with van der Waals surface area (Å²) >= 11 is 0. The van der Waals surface area contributed by atoms with Crippen molar-refractivity contribution in [2.24, 2.45) is 0 Å². The molecule has 0 amide bonds. The van der Waals surface area contributed by atoms with E-state index < -0.39 is 0 Å². The summed E-state index contributed by atoms with van der Waals surface area (Å²) < 4.78 is 15.3. The molecule has 0 radical (unpaired) electrons. The number of esters is 2. The molecule has 6 nitrogen and oxygen atoms in total. The van der Waals surface area contributed by atoms with E-state index in [1.807, 2.05) is 6.92 Å². The molecule has 1 aliphatic rings. The molecule has 1 heterocycles. The molecular formula is C15H27NO5. The molecule has 0 spiro atoms. The molecule has 1 fully saturated rings. The molecule has 1 saturated heterocycles. The average molecular weight is 301 g/mol. The molecule has 1 aliphatic heterocycles. The third-order valence-electron chi connectivity index (χ3n) is 3.68. The number of nitrogens with zero attached hydrogens (tertiary/aromatic N) is 1. The third-order valence-corrected chi connectivity index (χ3v) is 3.68. The van der Waals surface area contributed by atoms with Gasteiger partial charge in [-0.2, -0.15) is 0 Å². The first-order chi connectivity index (χ1) is 10.1. The van der Waals surface area contributed by atoms with E-state index in [9.17, 15) is 9.59 Å². The first kappa shape index (κ1) is 17.9. The number of methoxy groups -OCH3 is 1. The Labute approximate surface area is 126 Å². The number of hydrogen-bond acceptors (Lipinski definition) is 6. The van der Waals surface area contributed by atoms with E-state index in [-0.39, 0.29) is 24.1 Å². The Hall–Kier alpha value is -1.14. The van der Waals surface area contributed by atoms with Crippen LogP contribution in [-0.4, -0.2) is 62.4 Å². The first-order valence-electron chi connectivity index (χ1n) is 7.64. The molecule has 122 valence electrons. The fraction of sp³-hybridized carbons (Fsp3) is 0.867. The Bertz CT molecular complexity index is 328. The van der Waals surface area contributed by atoms with Crippen LogP contribution < -0.4 is 0 Å². The lowest BCUT2D eigenvalue weighted by Gasteiger charge is -2.30. The van der Waals surface area contributed by atoms with Crippen molar-refractivity contribution in [1.82, 2.24) is 4.90 Å². The van der Waals surface area contributed by atoms with Crippen molar-refractivity contribution >= 4 is 11.9 Å². The highest BCUT2D eigenvalue weighted by molar-refractivity contribution is 5.70. The van der Waals surface area contributed by atoms with E-state index in [4.69, 9.17) is 9.47 Å². The predicted octanol–water partition coefficient (Wildman–Crippen LogP) is 1.37. The van der Waals surface area contributed by atoms with Gasteiger partial charge in [0, 0.05) is 25.7 Å². The van der Waals surface area contributed by atoms with Crippen LogP contribution in [0.15, 0.2) is 0 Å². The quantitative estimate of drug-likeness (QED) is 0.599. The van der Waals surface area contributed by atoms with E-state index in [1.54, 1.807) is 6.92 Å². The molecule has 1 rings (SSSR count). The summed E-state index contributed by atoms with van der Waals surface area (Å²) in [5, 5.41) is 0. The highest BCUT2D eigenvalue weighted by Crippen LogP contribution is 2.16. The maximum Gasteiger partial charge on any atom is 0.307 e. The van der Waals surface area contributed by atoms with Crippen LogP contribution in [0.5, 0.6) is 0 Å². The monoisotopic (exact) mass is 301 g/mol. The second-order valence-corrected chi connectivity index (χ2v) is 5.31. The molecule has 0 N–H and O–H groups in total. The second-order valence-electron chi connectivity index (χ2n) is 5.31. The molecule has 0 aromatic heterocycles. The highest BCUT2D eigenvalue weighted by Gasteiger charge is 2.24. The summed E-state index contributed by atoms with van der Waals surface area (Å²) in [6.45, 7) is 6.25. The lowest BCUT2D eigenvalue weighted by atomic mass is 10.1. The Morgan fingerprint density at radius 2 is 2.14 bits per heavy atom. The largest absolute Gasteiger partial charge is 0.469 e. The minimum atomic E-state index is -0.240. The van der Waals surface area contributed by atoms with Crippen molar-refractivity contribution in [2.45, 2.75) is 51.7 Å². The number of ether oxygens (including phenoxy) is 3. The topological polar surface area (TPSA) is 65.1 Å². The molecule has 6 heteroatoms. The van der Waals surface area contributed by atoms with Crippen LogP contribution in [0.25, 0.3) is 0 Å². The zero-order valence-electron chi connectivity index (χ0n) is 13.3. The minimum absolute atomic E-state index is 0.0120. The molecular weight excluding hydrogens is 274 g/mol. The van der Waals surface area contributed by atoms with Crippen molar-refractivity contribution < 1.29 is 23.8 Å². The zero-order valence-corrected chi connectivity index (χ0v) is 13.3. The van der Waals surface area contributed by atoms with Gasteiger partial charge in [-0.3, -0.25) is 14.5 Å². The molecule has 0 bridgehead atoms. The lowest BCUT2D eigenvalue weighted by molar-refractivity contribution is -0.144. The third kappa shape index (κ3) is 6.91. The molecule has 21 heavy (non-hydrogen) atoms. The summed E-state index contributed by atoms with van der Waals surface area (Å²) in [7, 11) is 1.38. The minimum Gasteiger partial charge on any atom is -0.469 e. The number of carbonyl (C=O) groups is 2. The maximum atomic E-state index is 11.6. The molecule has 2 unspecified atom stereocenters. The zero-order chi connectivity index (χ0) is 15.7. The van der Waals surface area contributed by atoms with Crippen LogP contribution in [0.1, 0.15) is 39.5 Å². The van der Waals surface area contributed by atoms with Crippen LogP contribution in [0.4, 0.5) is 0 Å². The summed E-state index contributed by atoms with van der Waals surface area (Å²) in [4.78, 5) is 25.1. The predicted molar refractivity (Wildman–Crippen MR) is 77.9 cm³/mol. The molecule has 2 atom stereocenters. The van der Waals surface area contributed by atoms with Crippen molar-refractivity contribution in [1.29, 1.82) is 0 Å². The van der Waals surface area contributed by atoms with Gasteiger partial charge in [0.2, 0.25) is 0 Å². The Morgan fingerprint density at radius 1 is 1.38 bits per heavy atom. The molecule has 0 aliphatic carbocycles. The van der Waals surface area contributed by atoms with Gasteiger partial charge in [0.25, 0.3) is 0 Å². The lowest BCUT2D eigenvalue weighted by Crippen LogP contribution is -2.41. The van der Waals surface area contributed by atoms with E-state index in [0.717, 1.165) is 26.0 Å². The summed E-state index contributed by atoms with van der Waals surface area (Å²) in [6, 6.07) is 0.0120. The van der Waals surface area contributed by atoms with Gasteiger partial charge in [0.05, 0.1) is 32.7 Å². The molecule has 0 saturated carbocycles. The van der Waals surface area contributed by atoms with Crippen LogP contribution in [0, 0.1) is 0 Å². The van der Waals surface area contributed by atoms with Gasteiger partial charge >= 0.3 is 11.9 Å². The van der Waals surface area contributed by atoms with Gasteiger partial charge in [0.15, 0.2) is 0 Å². The number of hydrogen-bond donors (Lipinski definition) is 0. The summed E-state index contributed by atoms with van der Waals surface area (Å²) in [5.41, 5.74) is 0. The van der Waals surface area contributed by atoms with E-state index >= 15 is 0 Å². The Morgan fingerprint density at radius 3 is 2.71 bits per heavy atom. The van der Waals surface area contributed by atoms with Gasteiger partial charge in [-0.15, -0.1) is 0 Å². The SMILES string of the molecule is CCOC(=O)CC(C)N(CCC(=O)OC)CC1CCCO1. The first-order valence-corrected chi connectivity index (χ1v) is 7.64. The van der Waals surface area contributed by atoms with Crippen LogP contribution in [-0.2, 0) is 23.8 Å². The fourth-order valence-electron chi connectivity index (χ4n) is 2.47. The smallest absolute Gasteiger partial charge is 0.307 e. The highest BCUT2D eigenvalue weighted by atomic mass is 16.5. The second kappa shape index (κ2) is 9.73. The Balaban J connectivity index is 2.51. The van der Waals surface area contributed by atoms with E-state index in [2.05, 4.69) is 9.64 Å². The van der Waals surface area contributed by atoms with Crippen molar-refractivity contribution in [2.75, 3.05) is 33.4 Å². The van der Waals surface area contributed by atoms with Gasteiger partial charge in [0.1, 0.15) is 0 Å². The van der Waals surface area contributed by atoms with Gasteiger partial charge < -0.3 is 14.2 Å². The van der Waals surface area contributed by atoms with Crippen molar-refractivity contribution in [3.05, 3.63) is 0 Å². The maximum absolute atomic E-state index is 11.6. The number of rotatable bonds is 9. The average Bonchev–Trinajstić information content (AvgIpc) is 2.95. The van der Waals surface area contributed by atoms with Crippen LogP contribution in [0.3, 0.4) is 0 Å².